The Morgan fingerprint density at radius 2 is 2.03 bits per heavy atom. The Hall–Kier alpha value is -2.41. The molecule has 1 saturated carbocycles. The molecule has 1 fully saturated rings. The summed E-state index contributed by atoms with van der Waals surface area (Å²) in [7, 11) is 0. The molecule has 0 amide bonds. The molecule has 3 N–H and O–H groups in total. The molecular formula is C24H37N7. The Bertz CT molecular complexity index is 867. The number of rotatable bonds is 7. The Balaban J connectivity index is 1.42. The average Bonchev–Trinajstić information content (AvgIpc) is 3.38. The quantitative estimate of drug-likeness (QED) is 0.471. The number of nitrogens with one attached hydrogen (secondary N) is 3. The van der Waals surface area contributed by atoms with Crippen molar-refractivity contribution in [3.63, 3.8) is 0 Å². The first kappa shape index (κ1) is 21.8. The predicted octanol–water partition coefficient (Wildman–Crippen LogP) is 3.12. The molecule has 31 heavy (non-hydrogen) atoms. The van der Waals surface area contributed by atoms with Crippen molar-refractivity contribution in [3.05, 3.63) is 47.5 Å². The van der Waals surface area contributed by atoms with Crippen molar-refractivity contribution in [2.75, 3.05) is 13.1 Å². The molecule has 7 nitrogen and oxygen atoms in total. The van der Waals surface area contributed by atoms with Crippen LogP contribution in [0.2, 0.25) is 0 Å². The van der Waals surface area contributed by atoms with Crippen LogP contribution >= 0.6 is 0 Å². The second-order valence-electron chi connectivity index (χ2n) is 9.10. The Morgan fingerprint density at radius 1 is 1.26 bits per heavy atom. The number of fused-ring (bicyclic) bond motifs is 1. The van der Waals surface area contributed by atoms with Gasteiger partial charge in [-0.05, 0) is 45.6 Å². The minimum absolute atomic E-state index is 0.0698. The van der Waals surface area contributed by atoms with Gasteiger partial charge in [0, 0.05) is 30.6 Å². The van der Waals surface area contributed by atoms with E-state index in [1.54, 1.807) is 0 Å². The van der Waals surface area contributed by atoms with Crippen molar-refractivity contribution in [2.24, 2.45) is 4.99 Å². The van der Waals surface area contributed by atoms with Crippen molar-refractivity contribution in [1.82, 2.24) is 30.7 Å². The standard InChI is InChI=1S/C24H37N7/c1-4-25-23(28-21-12-13-22-27-19(3)30-31(22)16-21)26-17-24(14-8-9-15-24)29-18(2)20-10-6-5-7-11-20/h5-7,10-11,18,21,29H,4,8-9,12-17H2,1-3H3,(H2,25,26,28). The van der Waals surface area contributed by atoms with Gasteiger partial charge in [-0.25, -0.2) is 9.67 Å². The fraction of sp³-hybridized carbons (Fsp3) is 0.625. The van der Waals surface area contributed by atoms with E-state index in [0.717, 1.165) is 50.1 Å². The molecule has 1 aliphatic heterocycles. The molecule has 0 radical (unpaired) electrons. The number of aryl methyl sites for hydroxylation is 2. The van der Waals surface area contributed by atoms with Gasteiger partial charge in [-0.1, -0.05) is 43.2 Å². The van der Waals surface area contributed by atoms with E-state index < -0.39 is 0 Å². The third kappa shape index (κ3) is 5.45. The number of aromatic nitrogens is 3. The number of guanidine groups is 1. The van der Waals surface area contributed by atoms with E-state index in [4.69, 9.17) is 4.99 Å². The molecule has 0 saturated heterocycles. The highest BCUT2D eigenvalue weighted by Crippen LogP contribution is 2.32. The van der Waals surface area contributed by atoms with Crippen molar-refractivity contribution in [2.45, 2.75) is 83.5 Å². The molecule has 2 aromatic rings. The van der Waals surface area contributed by atoms with Crippen LogP contribution in [0.15, 0.2) is 35.3 Å². The monoisotopic (exact) mass is 423 g/mol. The number of hydrogen-bond acceptors (Lipinski definition) is 4. The van der Waals surface area contributed by atoms with Gasteiger partial charge in [0.2, 0.25) is 0 Å². The van der Waals surface area contributed by atoms with Crippen LogP contribution in [0.1, 0.15) is 69.2 Å². The topological polar surface area (TPSA) is 79.2 Å². The van der Waals surface area contributed by atoms with Gasteiger partial charge in [0.15, 0.2) is 5.96 Å². The fourth-order valence-electron chi connectivity index (χ4n) is 4.98. The fourth-order valence-corrected chi connectivity index (χ4v) is 4.98. The molecular weight excluding hydrogens is 386 g/mol. The van der Waals surface area contributed by atoms with Gasteiger partial charge < -0.3 is 16.0 Å². The van der Waals surface area contributed by atoms with Crippen LogP contribution < -0.4 is 16.0 Å². The Morgan fingerprint density at radius 3 is 2.77 bits per heavy atom. The third-order valence-electron chi connectivity index (χ3n) is 6.57. The van der Waals surface area contributed by atoms with E-state index in [2.05, 4.69) is 70.2 Å². The van der Waals surface area contributed by atoms with E-state index in [0.29, 0.717) is 12.1 Å². The summed E-state index contributed by atoms with van der Waals surface area (Å²) in [4.78, 5) is 9.58. The second-order valence-corrected chi connectivity index (χ2v) is 9.10. The second kappa shape index (κ2) is 9.81. The smallest absolute Gasteiger partial charge is 0.191 e. The summed E-state index contributed by atoms with van der Waals surface area (Å²) >= 11 is 0. The number of benzene rings is 1. The molecule has 7 heteroatoms. The molecule has 0 spiro atoms. The van der Waals surface area contributed by atoms with Gasteiger partial charge in [-0.15, -0.1) is 0 Å². The first-order valence-corrected chi connectivity index (χ1v) is 11.8. The van der Waals surface area contributed by atoms with E-state index in [1.807, 2.05) is 11.6 Å². The molecule has 1 aliphatic carbocycles. The first-order valence-electron chi connectivity index (χ1n) is 11.8. The van der Waals surface area contributed by atoms with Crippen LogP contribution in [-0.2, 0) is 13.0 Å². The van der Waals surface area contributed by atoms with Crippen molar-refractivity contribution < 1.29 is 0 Å². The predicted molar refractivity (Wildman–Crippen MR) is 125 cm³/mol. The summed E-state index contributed by atoms with van der Waals surface area (Å²) in [6, 6.07) is 11.4. The zero-order valence-electron chi connectivity index (χ0n) is 19.2. The van der Waals surface area contributed by atoms with Crippen LogP contribution in [-0.4, -0.2) is 45.4 Å². The van der Waals surface area contributed by atoms with Gasteiger partial charge in [0.25, 0.3) is 0 Å². The number of hydrogen-bond donors (Lipinski definition) is 3. The lowest BCUT2D eigenvalue weighted by molar-refractivity contribution is 0.307. The largest absolute Gasteiger partial charge is 0.357 e. The lowest BCUT2D eigenvalue weighted by atomic mass is 9.95. The van der Waals surface area contributed by atoms with Crippen LogP contribution in [0.25, 0.3) is 0 Å². The maximum absolute atomic E-state index is 5.06. The molecule has 2 atom stereocenters. The van der Waals surface area contributed by atoms with Gasteiger partial charge in [0.1, 0.15) is 11.6 Å². The van der Waals surface area contributed by atoms with Gasteiger partial charge in [-0.3, -0.25) is 4.99 Å². The van der Waals surface area contributed by atoms with Crippen molar-refractivity contribution >= 4 is 5.96 Å². The average molecular weight is 424 g/mol. The van der Waals surface area contributed by atoms with Crippen molar-refractivity contribution in [1.29, 1.82) is 0 Å². The molecule has 2 unspecified atom stereocenters. The summed E-state index contributed by atoms with van der Waals surface area (Å²) < 4.78 is 2.04. The van der Waals surface area contributed by atoms with Crippen molar-refractivity contribution in [3.8, 4) is 0 Å². The minimum Gasteiger partial charge on any atom is -0.357 e. The highest BCUT2D eigenvalue weighted by molar-refractivity contribution is 5.80. The molecule has 168 valence electrons. The number of nitrogens with zero attached hydrogens (tertiary/aromatic N) is 4. The molecule has 4 rings (SSSR count). The lowest BCUT2D eigenvalue weighted by Crippen LogP contribution is -2.50. The summed E-state index contributed by atoms with van der Waals surface area (Å²) in [6.45, 7) is 8.84. The van der Waals surface area contributed by atoms with E-state index >= 15 is 0 Å². The summed E-state index contributed by atoms with van der Waals surface area (Å²) in [5.41, 5.74) is 1.41. The molecule has 1 aromatic carbocycles. The highest BCUT2D eigenvalue weighted by Gasteiger charge is 2.35. The molecule has 2 heterocycles. The van der Waals surface area contributed by atoms with E-state index in [1.165, 1.54) is 31.2 Å². The summed E-state index contributed by atoms with van der Waals surface area (Å²) in [5.74, 6) is 2.87. The first-order chi connectivity index (χ1) is 15.1. The normalized spacial score (nSPS) is 21.5. The van der Waals surface area contributed by atoms with Crippen LogP contribution in [0, 0.1) is 6.92 Å². The SMILES string of the molecule is CCNC(=NCC1(NC(C)c2ccccc2)CCCC1)NC1CCc2nc(C)nn2C1. The summed E-state index contributed by atoms with van der Waals surface area (Å²) in [6.07, 6.45) is 6.90. The highest BCUT2D eigenvalue weighted by atomic mass is 15.4. The van der Waals surface area contributed by atoms with Crippen LogP contribution in [0.4, 0.5) is 0 Å². The molecule has 2 aliphatic rings. The van der Waals surface area contributed by atoms with Gasteiger partial charge in [0.05, 0.1) is 13.1 Å². The molecule has 1 aromatic heterocycles. The Kier molecular flexibility index (Phi) is 6.90. The zero-order chi connectivity index (χ0) is 21.7. The van der Waals surface area contributed by atoms with Gasteiger partial charge >= 0.3 is 0 Å². The maximum atomic E-state index is 5.06. The summed E-state index contributed by atoms with van der Waals surface area (Å²) in [5, 5.41) is 15.6. The third-order valence-corrected chi connectivity index (χ3v) is 6.57. The maximum Gasteiger partial charge on any atom is 0.191 e. The van der Waals surface area contributed by atoms with E-state index in [9.17, 15) is 0 Å². The van der Waals surface area contributed by atoms with E-state index in [-0.39, 0.29) is 5.54 Å². The van der Waals surface area contributed by atoms with Crippen LogP contribution in [0.5, 0.6) is 0 Å². The minimum atomic E-state index is 0.0698. The molecule has 0 bridgehead atoms. The Labute approximate surface area is 186 Å². The van der Waals surface area contributed by atoms with Gasteiger partial charge in [-0.2, -0.15) is 5.10 Å². The number of aliphatic imine (C=N–C) groups is 1. The van der Waals surface area contributed by atoms with Crippen LogP contribution in [0.3, 0.4) is 0 Å². The lowest BCUT2D eigenvalue weighted by Gasteiger charge is -2.33. The zero-order valence-corrected chi connectivity index (χ0v) is 19.2.